The highest BCUT2D eigenvalue weighted by Crippen LogP contribution is 2.11. The smallest absolute Gasteiger partial charge is 0.407 e. The molecule has 0 spiro atoms. The second-order valence-corrected chi connectivity index (χ2v) is 4.44. The minimum absolute atomic E-state index is 0.0508. The first-order valence-corrected chi connectivity index (χ1v) is 6.49. The molecular weight excluding hydrogens is 292 g/mol. The Morgan fingerprint density at radius 3 is 2.45 bits per heavy atom. The molecule has 2 aromatic carbocycles. The Morgan fingerprint density at radius 2 is 1.73 bits per heavy atom. The fourth-order valence-electron chi connectivity index (χ4n) is 1.74. The quantitative estimate of drug-likeness (QED) is 0.864. The Labute approximate surface area is 125 Å². The zero-order valence-electron chi connectivity index (χ0n) is 11.5. The van der Waals surface area contributed by atoms with Crippen LogP contribution in [0.4, 0.5) is 13.6 Å². The molecule has 0 aliphatic heterocycles. The van der Waals surface area contributed by atoms with Gasteiger partial charge in [0.05, 0.1) is 12.1 Å². The number of Topliss-reactive ketones (excluding diaryl/α,β-unsaturated/α-hetero) is 1. The summed E-state index contributed by atoms with van der Waals surface area (Å²) in [6.45, 7) is -0.427. The lowest BCUT2D eigenvalue weighted by atomic mass is 10.1. The van der Waals surface area contributed by atoms with Crippen molar-refractivity contribution < 1.29 is 23.1 Å². The second-order valence-electron chi connectivity index (χ2n) is 4.44. The number of ether oxygens (including phenoxy) is 1. The Morgan fingerprint density at radius 1 is 1.00 bits per heavy atom. The number of benzene rings is 2. The maximum absolute atomic E-state index is 13.4. The third-order valence-electron chi connectivity index (χ3n) is 2.86. The fraction of sp³-hybridized carbons (Fsp3) is 0.125. The van der Waals surface area contributed by atoms with Gasteiger partial charge in [0.1, 0.15) is 6.61 Å². The molecule has 0 bridgehead atoms. The van der Waals surface area contributed by atoms with Crippen LogP contribution < -0.4 is 5.32 Å². The van der Waals surface area contributed by atoms with E-state index in [2.05, 4.69) is 5.32 Å². The van der Waals surface area contributed by atoms with Gasteiger partial charge in [0.2, 0.25) is 0 Å². The minimum atomic E-state index is -1.23. The first-order valence-electron chi connectivity index (χ1n) is 6.49. The fourth-order valence-corrected chi connectivity index (χ4v) is 1.74. The van der Waals surface area contributed by atoms with Crippen molar-refractivity contribution in [2.45, 2.75) is 6.61 Å². The predicted molar refractivity (Wildman–Crippen MR) is 75.3 cm³/mol. The lowest BCUT2D eigenvalue weighted by Crippen LogP contribution is -2.30. The molecule has 1 amide bonds. The van der Waals surface area contributed by atoms with Crippen molar-refractivity contribution in [1.29, 1.82) is 0 Å². The van der Waals surface area contributed by atoms with Gasteiger partial charge in [-0.3, -0.25) is 4.79 Å². The molecule has 0 fully saturated rings. The average molecular weight is 305 g/mol. The zero-order valence-corrected chi connectivity index (χ0v) is 11.5. The maximum atomic E-state index is 13.4. The van der Waals surface area contributed by atoms with Gasteiger partial charge in [-0.1, -0.05) is 36.4 Å². The number of halogens is 2. The normalized spacial score (nSPS) is 10.1. The van der Waals surface area contributed by atoms with Crippen LogP contribution in [0.25, 0.3) is 0 Å². The number of carbonyl (C=O) groups is 2. The molecule has 0 aromatic heterocycles. The van der Waals surface area contributed by atoms with Gasteiger partial charge in [0.25, 0.3) is 0 Å². The van der Waals surface area contributed by atoms with Gasteiger partial charge < -0.3 is 10.1 Å². The van der Waals surface area contributed by atoms with Crippen LogP contribution in [0.3, 0.4) is 0 Å². The van der Waals surface area contributed by atoms with Gasteiger partial charge in [0.15, 0.2) is 17.4 Å². The Balaban J connectivity index is 1.83. The summed E-state index contributed by atoms with van der Waals surface area (Å²) in [4.78, 5) is 23.2. The lowest BCUT2D eigenvalue weighted by molar-refractivity contribution is 0.0969. The molecule has 22 heavy (non-hydrogen) atoms. The van der Waals surface area contributed by atoms with Crippen molar-refractivity contribution in [3.8, 4) is 0 Å². The molecule has 0 saturated carbocycles. The van der Waals surface area contributed by atoms with E-state index < -0.39 is 35.6 Å². The van der Waals surface area contributed by atoms with Crippen molar-refractivity contribution in [2.24, 2.45) is 0 Å². The highest BCUT2D eigenvalue weighted by Gasteiger charge is 2.15. The largest absolute Gasteiger partial charge is 0.445 e. The Hall–Kier alpha value is -2.76. The Kier molecular flexibility index (Phi) is 5.19. The van der Waals surface area contributed by atoms with E-state index in [9.17, 15) is 18.4 Å². The molecule has 0 aliphatic rings. The molecule has 0 unspecified atom stereocenters. The summed E-state index contributed by atoms with van der Waals surface area (Å²) in [6.07, 6.45) is -0.811. The van der Waals surface area contributed by atoms with Crippen LogP contribution in [0.2, 0.25) is 0 Å². The van der Waals surface area contributed by atoms with E-state index in [1.54, 1.807) is 24.3 Å². The van der Waals surface area contributed by atoms with Crippen molar-refractivity contribution in [1.82, 2.24) is 5.32 Å². The number of hydrogen-bond acceptors (Lipinski definition) is 3. The molecule has 0 radical (unpaired) electrons. The van der Waals surface area contributed by atoms with Crippen LogP contribution in [0.15, 0.2) is 48.5 Å². The molecule has 0 atom stereocenters. The number of amides is 1. The molecule has 2 aromatic rings. The number of carbonyl (C=O) groups excluding carboxylic acids is 2. The molecule has 0 heterocycles. The van der Waals surface area contributed by atoms with Crippen LogP contribution >= 0.6 is 0 Å². The summed E-state index contributed by atoms with van der Waals surface area (Å²) >= 11 is 0. The summed E-state index contributed by atoms with van der Waals surface area (Å²) in [7, 11) is 0. The molecule has 114 valence electrons. The number of hydrogen-bond donors (Lipinski definition) is 1. The van der Waals surface area contributed by atoms with Gasteiger partial charge in [-0.2, -0.15) is 0 Å². The third kappa shape index (κ3) is 4.12. The zero-order chi connectivity index (χ0) is 15.9. The highest BCUT2D eigenvalue weighted by molar-refractivity contribution is 5.99. The van der Waals surface area contributed by atoms with Gasteiger partial charge in [-0.05, 0) is 17.7 Å². The van der Waals surface area contributed by atoms with E-state index in [0.29, 0.717) is 0 Å². The van der Waals surface area contributed by atoms with Crippen molar-refractivity contribution in [2.75, 3.05) is 6.54 Å². The highest BCUT2D eigenvalue weighted by atomic mass is 19.2. The molecule has 2 rings (SSSR count). The van der Waals surface area contributed by atoms with Crippen LogP contribution in [-0.2, 0) is 11.3 Å². The van der Waals surface area contributed by atoms with Gasteiger partial charge >= 0.3 is 6.09 Å². The maximum Gasteiger partial charge on any atom is 0.407 e. The molecule has 0 saturated heterocycles. The van der Waals surface area contributed by atoms with Crippen LogP contribution in [0, 0.1) is 11.6 Å². The first-order chi connectivity index (χ1) is 10.6. The van der Waals surface area contributed by atoms with Crippen molar-refractivity contribution in [3.63, 3.8) is 0 Å². The predicted octanol–water partition coefficient (Wildman–Crippen LogP) is 3.07. The number of ketones is 1. The number of alkyl carbamates (subject to hydrolysis) is 1. The van der Waals surface area contributed by atoms with Gasteiger partial charge in [-0.25, -0.2) is 13.6 Å². The van der Waals surface area contributed by atoms with Gasteiger partial charge in [0, 0.05) is 0 Å². The summed E-state index contributed by atoms with van der Waals surface area (Å²) < 4.78 is 31.3. The van der Waals surface area contributed by atoms with Crippen LogP contribution in [-0.4, -0.2) is 18.4 Å². The second kappa shape index (κ2) is 7.31. The standard InChI is InChI=1S/C16H13F2NO3/c17-13-8-4-7-12(15(13)18)14(20)9-19-16(21)22-10-11-5-2-1-3-6-11/h1-8H,9-10H2,(H,19,21). The van der Waals surface area contributed by atoms with E-state index >= 15 is 0 Å². The monoisotopic (exact) mass is 305 g/mol. The SMILES string of the molecule is O=C(NCC(=O)c1cccc(F)c1F)OCc1ccccc1. The van der Waals surface area contributed by atoms with E-state index in [-0.39, 0.29) is 6.61 Å². The third-order valence-corrected chi connectivity index (χ3v) is 2.86. The van der Waals surface area contributed by atoms with E-state index in [1.807, 2.05) is 6.07 Å². The van der Waals surface area contributed by atoms with E-state index in [0.717, 1.165) is 17.7 Å². The molecule has 4 nitrogen and oxygen atoms in total. The number of nitrogens with one attached hydrogen (secondary N) is 1. The summed E-state index contributed by atoms with van der Waals surface area (Å²) in [5.74, 6) is -3.09. The summed E-state index contributed by atoms with van der Waals surface area (Å²) in [5, 5.41) is 2.20. The van der Waals surface area contributed by atoms with Crippen molar-refractivity contribution >= 4 is 11.9 Å². The summed E-state index contributed by atoms with van der Waals surface area (Å²) in [6, 6.07) is 12.3. The molecule has 1 N–H and O–H groups in total. The van der Waals surface area contributed by atoms with Crippen LogP contribution in [0.1, 0.15) is 15.9 Å². The lowest BCUT2D eigenvalue weighted by Gasteiger charge is -2.07. The van der Waals surface area contributed by atoms with E-state index in [4.69, 9.17) is 4.74 Å². The topological polar surface area (TPSA) is 55.4 Å². The molecule has 0 aliphatic carbocycles. The summed E-state index contributed by atoms with van der Waals surface area (Å²) in [5.41, 5.74) is 0.378. The van der Waals surface area contributed by atoms with E-state index in [1.165, 1.54) is 6.07 Å². The van der Waals surface area contributed by atoms with Gasteiger partial charge in [-0.15, -0.1) is 0 Å². The minimum Gasteiger partial charge on any atom is -0.445 e. The number of rotatable bonds is 5. The first kappa shape index (κ1) is 15.6. The van der Waals surface area contributed by atoms with Crippen molar-refractivity contribution in [3.05, 3.63) is 71.3 Å². The average Bonchev–Trinajstić information content (AvgIpc) is 2.54. The molecule has 6 heteroatoms. The molecular formula is C16H13F2NO3. The Bertz CT molecular complexity index is 674. The van der Waals surface area contributed by atoms with Crippen LogP contribution in [0.5, 0.6) is 0 Å².